The highest BCUT2D eigenvalue weighted by Crippen LogP contribution is 2.20. The van der Waals surface area contributed by atoms with E-state index in [1.807, 2.05) is 11.8 Å². The first kappa shape index (κ1) is 9.32. The summed E-state index contributed by atoms with van der Waals surface area (Å²) in [5.41, 5.74) is 5.12. The highest BCUT2D eigenvalue weighted by atomic mass is 16.3. The van der Waals surface area contributed by atoms with Crippen LogP contribution in [0.3, 0.4) is 0 Å². The fraction of sp³-hybridized carbons (Fsp3) is 0.875. The normalized spacial score (nSPS) is 24.2. The molecule has 3 N–H and O–H groups in total. The molecule has 70 valence electrons. The maximum absolute atomic E-state index is 9.64. The Morgan fingerprint density at radius 3 is 2.42 bits per heavy atom. The molecule has 1 aliphatic heterocycles. The number of rotatable bonds is 0. The van der Waals surface area contributed by atoms with Crippen molar-refractivity contribution in [1.82, 2.24) is 4.90 Å². The predicted molar refractivity (Wildman–Crippen MR) is 49.0 cm³/mol. The molecule has 0 aromatic rings. The van der Waals surface area contributed by atoms with E-state index >= 15 is 0 Å². The summed E-state index contributed by atoms with van der Waals surface area (Å²) < 4.78 is 0. The van der Waals surface area contributed by atoms with E-state index in [2.05, 4.69) is 4.99 Å². The van der Waals surface area contributed by atoms with E-state index in [-0.39, 0.29) is 0 Å². The van der Waals surface area contributed by atoms with E-state index < -0.39 is 5.60 Å². The summed E-state index contributed by atoms with van der Waals surface area (Å²) >= 11 is 0. The molecule has 0 bridgehead atoms. The second-order valence-electron chi connectivity index (χ2n) is 3.57. The zero-order valence-electron chi connectivity index (χ0n) is 7.75. The standard InChI is InChI=1S/C8H17N3O/c1-8(12)3-5-11(6-4-8)7(9)10-2/h12H,3-6H2,1-2H3,(H2,9,10). The molecule has 0 spiro atoms. The maximum atomic E-state index is 9.64. The minimum Gasteiger partial charge on any atom is -0.390 e. The SMILES string of the molecule is CN=C(N)N1CCC(C)(O)CC1. The van der Waals surface area contributed by atoms with Crippen molar-refractivity contribution in [2.75, 3.05) is 20.1 Å². The van der Waals surface area contributed by atoms with E-state index in [4.69, 9.17) is 5.73 Å². The third-order valence-corrected chi connectivity index (χ3v) is 2.39. The van der Waals surface area contributed by atoms with Crippen LogP contribution in [0.1, 0.15) is 19.8 Å². The van der Waals surface area contributed by atoms with Crippen LogP contribution in [0.2, 0.25) is 0 Å². The van der Waals surface area contributed by atoms with Crippen LogP contribution in [0.4, 0.5) is 0 Å². The summed E-state index contributed by atoms with van der Waals surface area (Å²) in [5.74, 6) is 0.575. The number of hydrogen-bond donors (Lipinski definition) is 2. The third kappa shape index (κ3) is 2.11. The molecule has 0 amide bonds. The molecule has 1 saturated heterocycles. The van der Waals surface area contributed by atoms with Gasteiger partial charge in [0, 0.05) is 20.1 Å². The molecule has 1 rings (SSSR count). The van der Waals surface area contributed by atoms with Crippen LogP contribution in [0.25, 0.3) is 0 Å². The van der Waals surface area contributed by atoms with E-state index in [9.17, 15) is 5.11 Å². The average Bonchev–Trinajstić information content (AvgIpc) is 2.03. The minimum absolute atomic E-state index is 0.509. The summed E-state index contributed by atoms with van der Waals surface area (Å²) in [4.78, 5) is 5.90. The van der Waals surface area contributed by atoms with Crippen molar-refractivity contribution in [3.63, 3.8) is 0 Å². The largest absolute Gasteiger partial charge is 0.390 e. The molecule has 1 aliphatic rings. The number of nitrogens with zero attached hydrogens (tertiary/aromatic N) is 2. The highest BCUT2D eigenvalue weighted by molar-refractivity contribution is 5.77. The molecule has 0 radical (unpaired) electrons. The Hall–Kier alpha value is -0.770. The molecule has 0 aromatic heterocycles. The van der Waals surface area contributed by atoms with Crippen LogP contribution in [0.5, 0.6) is 0 Å². The summed E-state index contributed by atoms with van der Waals surface area (Å²) in [7, 11) is 1.68. The van der Waals surface area contributed by atoms with Gasteiger partial charge in [0.25, 0.3) is 0 Å². The summed E-state index contributed by atoms with van der Waals surface area (Å²) in [6.45, 7) is 3.47. The highest BCUT2D eigenvalue weighted by Gasteiger charge is 2.27. The lowest BCUT2D eigenvalue weighted by atomic mass is 9.94. The van der Waals surface area contributed by atoms with Crippen molar-refractivity contribution >= 4 is 5.96 Å². The molecule has 0 aliphatic carbocycles. The maximum Gasteiger partial charge on any atom is 0.190 e. The molecule has 0 unspecified atom stereocenters. The summed E-state index contributed by atoms with van der Waals surface area (Å²) in [5, 5.41) is 9.64. The molecule has 1 fully saturated rings. The van der Waals surface area contributed by atoms with Crippen LogP contribution in [0.15, 0.2) is 4.99 Å². The fourth-order valence-corrected chi connectivity index (χ4v) is 1.36. The van der Waals surface area contributed by atoms with Crippen LogP contribution < -0.4 is 5.73 Å². The van der Waals surface area contributed by atoms with E-state index in [0.717, 1.165) is 25.9 Å². The van der Waals surface area contributed by atoms with E-state index in [0.29, 0.717) is 5.96 Å². The Morgan fingerprint density at radius 2 is 2.00 bits per heavy atom. The number of hydrogen-bond acceptors (Lipinski definition) is 2. The van der Waals surface area contributed by atoms with Crippen LogP contribution in [-0.4, -0.2) is 41.7 Å². The Bertz CT molecular complexity index is 179. The molecule has 0 saturated carbocycles. The van der Waals surface area contributed by atoms with E-state index in [1.54, 1.807) is 7.05 Å². The Balaban J connectivity index is 2.47. The topological polar surface area (TPSA) is 61.8 Å². The minimum atomic E-state index is -0.509. The lowest BCUT2D eigenvalue weighted by molar-refractivity contribution is 0.00966. The predicted octanol–water partition coefficient (Wildman–Crippen LogP) is -0.222. The first-order valence-electron chi connectivity index (χ1n) is 4.25. The van der Waals surface area contributed by atoms with Crippen molar-refractivity contribution in [1.29, 1.82) is 0 Å². The molecule has 0 aromatic carbocycles. The van der Waals surface area contributed by atoms with Gasteiger partial charge >= 0.3 is 0 Å². The number of nitrogens with two attached hydrogens (primary N) is 1. The first-order valence-corrected chi connectivity index (χ1v) is 4.25. The zero-order valence-corrected chi connectivity index (χ0v) is 7.75. The second-order valence-corrected chi connectivity index (χ2v) is 3.57. The van der Waals surface area contributed by atoms with Gasteiger partial charge in [0.1, 0.15) is 0 Å². The number of piperidine rings is 1. The molecule has 12 heavy (non-hydrogen) atoms. The van der Waals surface area contributed by atoms with Crippen LogP contribution in [-0.2, 0) is 0 Å². The quantitative estimate of drug-likeness (QED) is 0.391. The van der Waals surface area contributed by atoms with Gasteiger partial charge in [-0.1, -0.05) is 0 Å². The van der Waals surface area contributed by atoms with Crippen molar-refractivity contribution in [2.45, 2.75) is 25.4 Å². The van der Waals surface area contributed by atoms with Crippen LogP contribution in [0, 0.1) is 0 Å². The van der Waals surface area contributed by atoms with Crippen molar-refractivity contribution < 1.29 is 5.11 Å². The molecule has 4 nitrogen and oxygen atoms in total. The van der Waals surface area contributed by atoms with Gasteiger partial charge in [-0.05, 0) is 19.8 Å². The lowest BCUT2D eigenvalue weighted by Gasteiger charge is -2.36. The smallest absolute Gasteiger partial charge is 0.190 e. The van der Waals surface area contributed by atoms with Gasteiger partial charge in [-0.2, -0.15) is 0 Å². The Labute approximate surface area is 73.1 Å². The summed E-state index contributed by atoms with van der Waals surface area (Å²) in [6, 6.07) is 0. The molecular weight excluding hydrogens is 154 g/mol. The van der Waals surface area contributed by atoms with Gasteiger partial charge in [-0.25, -0.2) is 0 Å². The summed E-state index contributed by atoms with van der Waals surface area (Å²) in [6.07, 6.45) is 1.53. The second kappa shape index (κ2) is 3.31. The number of guanidine groups is 1. The fourth-order valence-electron chi connectivity index (χ4n) is 1.36. The number of aliphatic hydroxyl groups is 1. The molecular formula is C8H17N3O. The lowest BCUT2D eigenvalue weighted by Crippen LogP contribution is -2.47. The van der Waals surface area contributed by atoms with Crippen molar-refractivity contribution in [3.8, 4) is 0 Å². The van der Waals surface area contributed by atoms with Gasteiger partial charge < -0.3 is 15.7 Å². The Morgan fingerprint density at radius 1 is 1.50 bits per heavy atom. The Kier molecular flexibility index (Phi) is 2.57. The van der Waals surface area contributed by atoms with Gasteiger partial charge in [-0.15, -0.1) is 0 Å². The van der Waals surface area contributed by atoms with Gasteiger partial charge in [0.2, 0.25) is 0 Å². The van der Waals surface area contributed by atoms with Gasteiger partial charge in [-0.3, -0.25) is 4.99 Å². The third-order valence-electron chi connectivity index (χ3n) is 2.39. The monoisotopic (exact) mass is 171 g/mol. The molecule has 0 atom stereocenters. The first-order chi connectivity index (χ1) is 5.55. The average molecular weight is 171 g/mol. The zero-order chi connectivity index (χ0) is 9.19. The number of aliphatic imine (C=N–C) groups is 1. The molecule has 4 heteroatoms. The van der Waals surface area contributed by atoms with Crippen molar-refractivity contribution in [3.05, 3.63) is 0 Å². The molecule has 1 heterocycles. The van der Waals surface area contributed by atoms with Gasteiger partial charge in [0.05, 0.1) is 5.60 Å². The van der Waals surface area contributed by atoms with E-state index in [1.165, 1.54) is 0 Å². The van der Waals surface area contributed by atoms with Crippen molar-refractivity contribution in [2.24, 2.45) is 10.7 Å². The number of likely N-dealkylation sites (tertiary alicyclic amines) is 1. The van der Waals surface area contributed by atoms with Crippen LogP contribution >= 0.6 is 0 Å². The van der Waals surface area contributed by atoms with Gasteiger partial charge in [0.15, 0.2) is 5.96 Å².